The van der Waals surface area contributed by atoms with Crippen LogP contribution in [0.4, 0.5) is 11.4 Å². The van der Waals surface area contributed by atoms with Crippen LogP contribution in [0.25, 0.3) is 0 Å². The highest BCUT2D eigenvalue weighted by molar-refractivity contribution is 9.10. The number of nitrogens with zero attached hydrogens (tertiary/aromatic N) is 1. The van der Waals surface area contributed by atoms with Gasteiger partial charge in [-0.05, 0) is 49.4 Å². The van der Waals surface area contributed by atoms with E-state index in [-0.39, 0.29) is 18.4 Å². The predicted octanol–water partition coefficient (Wildman–Crippen LogP) is 3.21. The molecule has 0 saturated heterocycles. The molecule has 1 unspecified atom stereocenters. The van der Waals surface area contributed by atoms with Crippen LogP contribution >= 0.6 is 15.9 Å². The van der Waals surface area contributed by atoms with E-state index in [9.17, 15) is 9.59 Å². The smallest absolute Gasteiger partial charge is 0.267 e. The van der Waals surface area contributed by atoms with Crippen LogP contribution in [0.1, 0.15) is 6.92 Å². The van der Waals surface area contributed by atoms with Gasteiger partial charge in [0.15, 0.2) is 12.7 Å². The summed E-state index contributed by atoms with van der Waals surface area (Å²) < 4.78 is 11.9. The first kappa shape index (κ1) is 17.3. The molecule has 0 aromatic heterocycles. The van der Waals surface area contributed by atoms with E-state index in [2.05, 4.69) is 21.2 Å². The summed E-state index contributed by atoms with van der Waals surface area (Å²) >= 11 is 3.34. The average molecular weight is 405 g/mol. The lowest BCUT2D eigenvalue weighted by Crippen LogP contribution is -2.42. The number of nitrogens with one attached hydrogen (secondary N) is 1. The van der Waals surface area contributed by atoms with Crippen molar-refractivity contribution in [1.82, 2.24) is 0 Å². The molecule has 1 heterocycles. The van der Waals surface area contributed by atoms with Gasteiger partial charge in [-0.25, -0.2) is 0 Å². The van der Waals surface area contributed by atoms with Crippen LogP contribution in [0, 0.1) is 0 Å². The second kappa shape index (κ2) is 7.14. The van der Waals surface area contributed by atoms with Crippen molar-refractivity contribution in [3.05, 3.63) is 46.9 Å². The van der Waals surface area contributed by atoms with Gasteiger partial charge in [-0.1, -0.05) is 15.9 Å². The first-order chi connectivity index (χ1) is 11.9. The van der Waals surface area contributed by atoms with E-state index in [4.69, 9.17) is 9.47 Å². The van der Waals surface area contributed by atoms with E-state index in [1.54, 1.807) is 44.3 Å². The fourth-order valence-corrected chi connectivity index (χ4v) is 2.73. The number of hydrogen-bond donors (Lipinski definition) is 1. The fraction of sp³-hybridized carbons (Fsp3) is 0.222. The lowest BCUT2D eigenvalue weighted by molar-refractivity contribution is -0.125. The van der Waals surface area contributed by atoms with Crippen LogP contribution in [0.15, 0.2) is 46.9 Å². The number of carbonyl (C=O) groups is 2. The average Bonchev–Trinajstić information content (AvgIpc) is 2.60. The Morgan fingerprint density at radius 3 is 2.72 bits per heavy atom. The molecule has 7 heteroatoms. The molecule has 0 spiro atoms. The number of fused-ring (bicyclic) bond motifs is 1. The molecule has 2 aromatic carbocycles. The summed E-state index contributed by atoms with van der Waals surface area (Å²) in [5.74, 6) is 0.798. The summed E-state index contributed by atoms with van der Waals surface area (Å²) in [5.41, 5.74) is 1.19. The molecule has 25 heavy (non-hydrogen) atoms. The quantitative estimate of drug-likeness (QED) is 0.849. The Bertz CT molecular complexity index is 807. The molecular weight excluding hydrogens is 388 g/mol. The summed E-state index contributed by atoms with van der Waals surface area (Å²) in [7, 11) is 1.68. The molecule has 6 nitrogen and oxygen atoms in total. The van der Waals surface area contributed by atoms with Crippen molar-refractivity contribution in [2.24, 2.45) is 0 Å². The van der Waals surface area contributed by atoms with Gasteiger partial charge in [0, 0.05) is 17.2 Å². The highest BCUT2D eigenvalue weighted by Crippen LogP contribution is 2.35. The van der Waals surface area contributed by atoms with Gasteiger partial charge >= 0.3 is 0 Å². The number of benzene rings is 2. The van der Waals surface area contributed by atoms with Gasteiger partial charge in [0.05, 0.1) is 5.69 Å². The number of hydrogen-bond acceptors (Lipinski definition) is 4. The van der Waals surface area contributed by atoms with Crippen LogP contribution in [0.3, 0.4) is 0 Å². The molecule has 0 aliphatic carbocycles. The summed E-state index contributed by atoms with van der Waals surface area (Å²) in [6, 6.07) is 12.4. The molecule has 2 amide bonds. The van der Waals surface area contributed by atoms with Crippen molar-refractivity contribution < 1.29 is 19.1 Å². The molecule has 2 aromatic rings. The van der Waals surface area contributed by atoms with Crippen molar-refractivity contribution in [3.63, 3.8) is 0 Å². The molecule has 1 atom stereocenters. The summed E-state index contributed by atoms with van der Waals surface area (Å²) in [6.07, 6.45) is -0.516. The maximum atomic E-state index is 12.1. The lowest BCUT2D eigenvalue weighted by Gasteiger charge is -2.30. The number of rotatable bonds is 4. The molecule has 0 bridgehead atoms. The van der Waals surface area contributed by atoms with Crippen LogP contribution in [-0.4, -0.2) is 31.6 Å². The minimum Gasteiger partial charge on any atom is -0.484 e. The lowest BCUT2D eigenvalue weighted by atomic mass is 10.2. The molecule has 1 aliphatic rings. The largest absolute Gasteiger partial charge is 0.484 e. The molecular formula is C18H17BrN2O4. The van der Waals surface area contributed by atoms with Gasteiger partial charge in [0.25, 0.3) is 11.8 Å². The van der Waals surface area contributed by atoms with E-state index in [1.165, 1.54) is 4.90 Å². The van der Waals surface area contributed by atoms with Crippen molar-refractivity contribution in [1.29, 1.82) is 0 Å². The van der Waals surface area contributed by atoms with Gasteiger partial charge in [-0.2, -0.15) is 0 Å². The SMILES string of the molecule is CC1Oc2ccc(NC(=O)COc3ccc(Br)cc3)cc2N(C)C1=O. The van der Waals surface area contributed by atoms with Crippen molar-refractivity contribution in [2.75, 3.05) is 23.9 Å². The third kappa shape index (κ3) is 3.93. The van der Waals surface area contributed by atoms with Crippen molar-refractivity contribution in [2.45, 2.75) is 13.0 Å². The summed E-state index contributed by atoms with van der Waals surface area (Å²) in [5, 5.41) is 2.75. The normalized spacial score (nSPS) is 16.0. The zero-order chi connectivity index (χ0) is 18.0. The van der Waals surface area contributed by atoms with Gasteiger partial charge < -0.3 is 19.7 Å². The first-order valence-electron chi connectivity index (χ1n) is 7.70. The maximum absolute atomic E-state index is 12.1. The number of anilines is 2. The van der Waals surface area contributed by atoms with Crippen molar-refractivity contribution in [3.8, 4) is 11.5 Å². The first-order valence-corrected chi connectivity index (χ1v) is 8.50. The fourth-order valence-electron chi connectivity index (χ4n) is 2.47. The van der Waals surface area contributed by atoms with Crippen LogP contribution in [0.5, 0.6) is 11.5 Å². The number of carbonyl (C=O) groups excluding carboxylic acids is 2. The predicted molar refractivity (Wildman–Crippen MR) is 98.2 cm³/mol. The van der Waals surface area contributed by atoms with Gasteiger partial charge in [0.1, 0.15) is 11.5 Å². The second-order valence-electron chi connectivity index (χ2n) is 5.63. The standard InChI is InChI=1S/C18H17BrN2O4/c1-11-18(23)21(2)15-9-13(5-8-16(15)25-11)20-17(22)10-24-14-6-3-12(19)4-7-14/h3-9,11H,10H2,1-2H3,(H,20,22). The molecule has 3 rings (SSSR count). The Morgan fingerprint density at radius 2 is 2.00 bits per heavy atom. The van der Waals surface area contributed by atoms with Gasteiger partial charge in [0.2, 0.25) is 0 Å². The summed E-state index contributed by atoms with van der Waals surface area (Å²) in [6.45, 7) is 1.60. The Morgan fingerprint density at radius 1 is 1.28 bits per heavy atom. The minimum absolute atomic E-state index is 0.110. The van der Waals surface area contributed by atoms with E-state index >= 15 is 0 Å². The number of likely N-dealkylation sites (N-methyl/N-ethyl adjacent to an activating group) is 1. The van der Waals surface area contributed by atoms with Gasteiger partial charge in [-0.3, -0.25) is 9.59 Å². The molecule has 0 radical (unpaired) electrons. The molecule has 0 saturated carbocycles. The Kier molecular flexibility index (Phi) is 4.94. The summed E-state index contributed by atoms with van der Waals surface area (Å²) in [4.78, 5) is 25.6. The van der Waals surface area contributed by atoms with Crippen LogP contribution < -0.4 is 19.7 Å². The van der Waals surface area contributed by atoms with Gasteiger partial charge in [-0.15, -0.1) is 0 Å². The highest BCUT2D eigenvalue weighted by atomic mass is 79.9. The Balaban J connectivity index is 1.64. The Hall–Kier alpha value is -2.54. The Labute approximate surface area is 153 Å². The zero-order valence-electron chi connectivity index (χ0n) is 13.8. The maximum Gasteiger partial charge on any atom is 0.267 e. The minimum atomic E-state index is -0.516. The number of ether oxygens (including phenoxy) is 2. The van der Waals surface area contributed by atoms with E-state index in [0.29, 0.717) is 22.9 Å². The highest BCUT2D eigenvalue weighted by Gasteiger charge is 2.29. The topological polar surface area (TPSA) is 67.9 Å². The third-order valence-corrected chi connectivity index (χ3v) is 4.30. The number of halogens is 1. The van der Waals surface area contributed by atoms with Crippen LogP contribution in [-0.2, 0) is 9.59 Å². The third-order valence-electron chi connectivity index (χ3n) is 3.77. The van der Waals surface area contributed by atoms with E-state index < -0.39 is 6.10 Å². The van der Waals surface area contributed by atoms with E-state index in [1.807, 2.05) is 12.1 Å². The number of amides is 2. The molecule has 130 valence electrons. The molecule has 1 aliphatic heterocycles. The van der Waals surface area contributed by atoms with Crippen LogP contribution in [0.2, 0.25) is 0 Å². The molecule has 0 fully saturated rings. The van der Waals surface area contributed by atoms with E-state index in [0.717, 1.165) is 4.47 Å². The second-order valence-corrected chi connectivity index (χ2v) is 6.55. The molecule has 1 N–H and O–H groups in total. The zero-order valence-corrected chi connectivity index (χ0v) is 15.4. The van der Waals surface area contributed by atoms with Crippen molar-refractivity contribution >= 4 is 39.1 Å². The monoisotopic (exact) mass is 404 g/mol.